The van der Waals surface area contributed by atoms with E-state index in [0.717, 1.165) is 0 Å². The maximum absolute atomic E-state index is 10.8. The molecule has 0 aliphatic carbocycles. The largest absolute Gasteiger partial charge is 0.468 e. The molecule has 0 heterocycles. The first kappa shape index (κ1) is 11.4. The van der Waals surface area contributed by atoms with E-state index in [4.69, 9.17) is 5.73 Å². The third kappa shape index (κ3) is 3.69. The molecule has 0 bridgehead atoms. The Morgan fingerprint density at radius 3 is 2.58 bits per heavy atom. The number of aliphatic hydroxyl groups is 1. The van der Waals surface area contributed by atoms with E-state index in [1.165, 1.54) is 7.11 Å². The van der Waals surface area contributed by atoms with Crippen LogP contribution in [0.3, 0.4) is 0 Å². The maximum atomic E-state index is 10.8. The van der Waals surface area contributed by atoms with Gasteiger partial charge in [0.25, 0.3) is 0 Å². The van der Waals surface area contributed by atoms with Crippen LogP contribution in [0.1, 0.15) is 26.7 Å². The molecule has 0 radical (unpaired) electrons. The molecule has 0 rings (SSSR count). The maximum Gasteiger partial charge on any atom is 0.322 e. The SMILES string of the molecule is CCC(C)(O)CC(N)C(=O)OC. The number of hydrogen-bond acceptors (Lipinski definition) is 4. The highest BCUT2D eigenvalue weighted by molar-refractivity contribution is 5.75. The minimum atomic E-state index is -0.881. The normalized spacial score (nSPS) is 18.1. The molecule has 72 valence electrons. The van der Waals surface area contributed by atoms with Crippen LogP contribution in [0.4, 0.5) is 0 Å². The zero-order valence-corrected chi connectivity index (χ0v) is 7.83. The fraction of sp³-hybridized carbons (Fsp3) is 0.875. The summed E-state index contributed by atoms with van der Waals surface area (Å²) in [4.78, 5) is 10.8. The molecule has 4 heteroatoms. The lowest BCUT2D eigenvalue weighted by Gasteiger charge is -2.23. The molecule has 0 spiro atoms. The van der Waals surface area contributed by atoms with Crippen molar-refractivity contribution >= 4 is 5.97 Å². The smallest absolute Gasteiger partial charge is 0.322 e. The average Bonchev–Trinajstić information content (AvgIpc) is 2.02. The monoisotopic (exact) mass is 175 g/mol. The van der Waals surface area contributed by atoms with Gasteiger partial charge in [0, 0.05) is 6.42 Å². The molecule has 0 fully saturated rings. The van der Waals surface area contributed by atoms with Gasteiger partial charge in [0.2, 0.25) is 0 Å². The van der Waals surface area contributed by atoms with Crippen molar-refractivity contribution in [2.24, 2.45) is 5.73 Å². The number of carbonyl (C=O) groups is 1. The highest BCUT2D eigenvalue weighted by Crippen LogP contribution is 2.15. The van der Waals surface area contributed by atoms with Crippen LogP contribution in [-0.2, 0) is 9.53 Å². The second-order valence-electron chi connectivity index (χ2n) is 3.18. The van der Waals surface area contributed by atoms with Crippen molar-refractivity contribution < 1.29 is 14.6 Å². The summed E-state index contributed by atoms with van der Waals surface area (Å²) in [5.41, 5.74) is 4.57. The zero-order chi connectivity index (χ0) is 9.78. The van der Waals surface area contributed by atoms with Crippen molar-refractivity contribution in [3.63, 3.8) is 0 Å². The minimum Gasteiger partial charge on any atom is -0.468 e. The summed E-state index contributed by atoms with van der Waals surface area (Å²) in [7, 11) is 1.28. The van der Waals surface area contributed by atoms with Gasteiger partial charge in [0.15, 0.2) is 0 Å². The second kappa shape index (κ2) is 4.42. The molecule has 0 saturated carbocycles. The number of methoxy groups -OCH3 is 1. The minimum absolute atomic E-state index is 0.232. The van der Waals surface area contributed by atoms with Gasteiger partial charge < -0.3 is 15.6 Å². The van der Waals surface area contributed by atoms with E-state index in [2.05, 4.69) is 4.74 Å². The van der Waals surface area contributed by atoms with E-state index in [1.807, 2.05) is 6.92 Å². The highest BCUT2D eigenvalue weighted by Gasteiger charge is 2.25. The predicted molar refractivity (Wildman–Crippen MR) is 45.5 cm³/mol. The molecule has 2 unspecified atom stereocenters. The number of esters is 1. The van der Waals surface area contributed by atoms with Gasteiger partial charge in [-0.05, 0) is 13.3 Å². The second-order valence-corrected chi connectivity index (χ2v) is 3.18. The molecule has 2 atom stereocenters. The summed E-state index contributed by atoms with van der Waals surface area (Å²) in [6.45, 7) is 3.49. The average molecular weight is 175 g/mol. The van der Waals surface area contributed by atoms with Crippen LogP contribution in [0.15, 0.2) is 0 Å². The standard InChI is InChI=1S/C8H17NO3/c1-4-8(2,11)5-6(9)7(10)12-3/h6,11H,4-5,9H2,1-3H3. The Kier molecular flexibility index (Phi) is 4.20. The summed E-state index contributed by atoms with van der Waals surface area (Å²) in [5, 5.41) is 9.55. The molecule has 0 aliphatic heterocycles. The van der Waals surface area contributed by atoms with Gasteiger partial charge in [-0.2, -0.15) is 0 Å². The van der Waals surface area contributed by atoms with E-state index in [9.17, 15) is 9.90 Å². The van der Waals surface area contributed by atoms with Crippen molar-refractivity contribution in [2.75, 3.05) is 7.11 Å². The summed E-state index contributed by atoms with van der Waals surface area (Å²) in [6, 6.07) is -0.732. The van der Waals surface area contributed by atoms with Crippen molar-refractivity contribution in [3.8, 4) is 0 Å². The fourth-order valence-corrected chi connectivity index (χ4v) is 0.853. The Morgan fingerprint density at radius 1 is 1.75 bits per heavy atom. The van der Waals surface area contributed by atoms with Gasteiger partial charge in [-0.25, -0.2) is 0 Å². The molecule has 3 N–H and O–H groups in total. The first-order chi connectivity index (χ1) is 5.43. The summed E-state index contributed by atoms with van der Waals surface area (Å²) >= 11 is 0. The molecule has 12 heavy (non-hydrogen) atoms. The Balaban J connectivity index is 3.99. The van der Waals surface area contributed by atoms with E-state index >= 15 is 0 Å². The van der Waals surface area contributed by atoms with Crippen LogP contribution in [-0.4, -0.2) is 29.8 Å². The van der Waals surface area contributed by atoms with Crippen LogP contribution < -0.4 is 5.73 Å². The van der Waals surface area contributed by atoms with E-state index < -0.39 is 17.6 Å². The summed E-state index contributed by atoms with van der Waals surface area (Å²) < 4.78 is 4.43. The number of hydrogen-bond donors (Lipinski definition) is 2. The number of carbonyl (C=O) groups excluding carboxylic acids is 1. The fourth-order valence-electron chi connectivity index (χ4n) is 0.853. The molecule has 4 nitrogen and oxygen atoms in total. The highest BCUT2D eigenvalue weighted by atomic mass is 16.5. The first-order valence-corrected chi connectivity index (χ1v) is 3.98. The summed E-state index contributed by atoms with van der Waals surface area (Å²) in [6.07, 6.45) is 0.799. The molecule has 0 aliphatic rings. The molecule has 0 aromatic heterocycles. The number of rotatable bonds is 4. The lowest BCUT2D eigenvalue weighted by Crippen LogP contribution is -2.39. The van der Waals surface area contributed by atoms with Gasteiger partial charge in [-0.15, -0.1) is 0 Å². The Hall–Kier alpha value is -0.610. The number of ether oxygens (including phenoxy) is 1. The van der Waals surface area contributed by atoms with Gasteiger partial charge >= 0.3 is 5.97 Å². The van der Waals surface area contributed by atoms with Crippen LogP contribution in [0.5, 0.6) is 0 Å². The Morgan fingerprint density at radius 2 is 2.25 bits per heavy atom. The Bertz CT molecular complexity index is 156. The van der Waals surface area contributed by atoms with Crippen LogP contribution in [0.25, 0.3) is 0 Å². The molecular weight excluding hydrogens is 158 g/mol. The van der Waals surface area contributed by atoms with Crippen LogP contribution in [0.2, 0.25) is 0 Å². The molecule has 0 saturated heterocycles. The van der Waals surface area contributed by atoms with Crippen molar-refractivity contribution in [1.82, 2.24) is 0 Å². The topological polar surface area (TPSA) is 72.5 Å². The van der Waals surface area contributed by atoms with E-state index in [-0.39, 0.29) is 6.42 Å². The predicted octanol–water partition coefficient (Wildman–Crippen LogP) is 0.0378. The van der Waals surface area contributed by atoms with Crippen molar-refractivity contribution in [3.05, 3.63) is 0 Å². The van der Waals surface area contributed by atoms with Gasteiger partial charge in [-0.3, -0.25) is 4.79 Å². The zero-order valence-electron chi connectivity index (χ0n) is 7.83. The third-order valence-electron chi connectivity index (χ3n) is 1.93. The van der Waals surface area contributed by atoms with Gasteiger partial charge in [0.05, 0.1) is 12.7 Å². The van der Waals surface area contributed by atoms with Crippen LogP contribution in [0, 0.1) is 0 Å². The third-order valence-corrected chi connectivity index (χ3v) is 1.93. The van der Waals surface area contributed by atoms with E-state index in [1.54, 1.807) is 6.92 Å². The van der Waals surface area contributed by atoms with Gasteiger partial charge in [0.1, 0.15) is 6.04 Å². The number of nitrogens with two attached hydrogens (primary N) is 1. The molecule has 0 aromatic carbocycles. The molecule has 0 aromatic rings. The first-order valence-electron chi connectivity index (χ1n) is 3.98. The van der Waals surface area contributed by atoms with E-state index in [0.29, 0.717) is 6.42 Å². The van der Waals surface area contributed by atoms with Crippen LogP contribution >= 0.6 is 0 Å². The van der Waals surface area contributed by atoms with Gasteiger partial charge in [-0.1, -0.05) is 6.92 Å². The molecule has 0 amide bonds. The molecular formula is C8H17NO3. The lowest BCUT2D eigenvalue weighted by atomic mass is 9.95. The Labute approximate surface area is 72.7 Å². The summed E-state index contributed by atoms with van der Waals surface area (Å²) in [5.74, 6) is -0.483. The van der Waals surface area contributed by atoms with Crippen molar-refractivity contribution in [1.29, 1.82) is 0 Å². The quantitative estimate of drug-likeness (QED) is 0.592. The van der Waals surface area contributed by atoms with Crippen molar-refractivity contribution in [2.45, 2.75) is 38.3 Å². The lowest BCUT2D eigenvalue weighted by molar-refractivity contribution is -0.143.